The minimum atomic E-state index is 0.166. The van der Waals surface area contributed by atoms with Crippen molar-refractivity contribution in [2.75, 3.05) is 26.2 Å². The average molecular weight is 255 g/mol. The lowest BCUT2D eigenvalue weighted by atomic mass is 10.0. The molecule has 1 atom stereocenters. The lowest BCUT2D eigenvalue weighted by Crippen LogP contribution is -2.46. The van der Waals surface area contributed by atoms with Gasteiger partial charge in [-0.1, -0.05) is 6.42 Å². The Bertz CT molecular complexity index is 237. The summed E-state index contributed by atoms with van der Waals surface area (Å²) in [5.41, 5.74) is 0. The molecule has 106 valence electrons. The molecule has 1 unspecified atom stereocenters. The zero-order valence-corrected chi connectivity index (χ0v) is 12.2. The number of carbonyl (C=O) groups is 1. The van der Waals surface area contributed by atoms with Gasteiger partial charge in [0.05, 0.1) is 0 Å². The van der Waals surface area contributed by atoms with Gasteiger partial charge in [0, 0.05) is 38.1 Å². The Labute approximate surface area is 111 Å². The van der Waals surface area contributed by atoms with E-state index in [4.69, 9.17) is 0 Å². The molecule has 2 N–H and O–H groups in total. The highest BCUT2D eigenvalue weighted by Gasteiger charge is 2.18. The Morgan fingerprint density at radius 3 is 2.78 bits per heavy atom. The number of piperidine rings is 1. The summed E-state index contributed by atoms with van der Waals surface area (Å²) >= 11 is 0. The number of amides is 1. The second-order valence-corrected chi connectivity index (χ2v) is 5.44. The summed E-state index contributed by atoms with van der Waals surface area (Å²) in [6, 6.07) is 1.11. The molecule has 0 bridgehead atoms. The van der Waals surface area contributed by atoms with Crippen molar-refractivity contribution in [3.63, 3.8) is 0 Å². The molecule has 4 nitrogen and oxygen atoms in total. The van der Waals surface area contributed by atoms with Crippen LogP contribution in [0.4, 0.5) is 0 Å². The zero-order chi connectivity index (χ0) is 13.4. The molecule has 0 spiro atoms. The molecule has 1 saturated heterocycles. The number of rotatable bonds is 7. The number of carbonyl (C=O) groups excluding carboxylic acids is 1. The SMILES string of the molecule is CCNC(=O)CCN(CC1CCCCN1)C(C)C. The fraction of sp³-hybridized carbons (Fsp3) is 0.929. The molecule has 1 rings (SSSR count). The molecule has 0 aromatic rings. The highest BCUT2D eigenvalue weighted by Crippen LogP contribution is 2.10. The molecule has 18 heavy (non-hydrogen) atoms. The maximum atomic E-state index is 11.5. The highest BCUT2D eigenvalue weighted by atomic mass is 16.1. The van der Waals surface area contributed by atoms with Crippen LogP contribution in [0.25, 0.3) is 0 Å². The first-order valence-electron chi connectivity index (χ1n) is 7.37. The first-order chi connectivity index (χ1) is 8.63. The molecular weight excluding hydrogens is 226 g/mol. The van der Waals surface area contributed by atoms with Gasteiger partial charge in [-0.3, -0.25) is 9.69 Å². The minimum absolute atomic E-state index is 0.166. The largest absolute Gasteiger partial charge is 0.356 e. The number of hydrogen-bond donors (Lipinski definition) is 2. The smallest absolute Gasteiger partial charge is 0.221 e. The summed E-state index contributed by atoms with van der Waals surface area (Å²) in [5.74, 6) is 0.166. The predicted molar refractivity (Wildman–Crippen MR) is 75.7 cm³/mol. The van der Waals surface area contributed by atoms with Crippen LogP contribution in [0.2, 0.25) is 0 Å². The van der Waals surface area contributed by atoms with Gasteiger partial charge < -0.3 is 10.6 Å². The van der Waals surface area contributed by atoms with Crippen LogP contribution in [0.15, 0.2) is 0 Å². The number of nitrogens with zero attached hydrogens (tertiary/aromatic N) is 1. The molecule has 1 aliphatic rings. The van der Waals surface area contributed by atoms with Gasteiger partial charge in [0.15, 0.2) is 0 Å². The predicted octanol–water partition coefficient (Wildman–Crippen LogP) is 1.37. The Morgan fingerprint density at radius 1 is 1.44 bits per heavy atom. The Hall–Kier alpha value is -0.610. The normalized spacial score (nSPS) is 20.4. The van der Waals surface area contributed by atoms with Gasteiger partial charge >= 0.3 is 0 Å². The molecule has 0 saturated carbocycles. The standard InChI is InChI=1S/C14H29N3O/c1-4-15-14(18)8-10-17(12(2)3)11-13-7-5-6-9-16-13/h12-13,16H,4-11H2,1-3H3,(H,15,18). The second-order valence-electron chi connectivity index (χ2n) is 5.44. The third kappa shape index (κ3) is 5.83. The van der Waals surface area contributed by atoms with Crippen LogP contribution in [-0.4, -0.2) is 49.1 Å². The van der Waals surface area contributed by atoms with E-state index >= 15 is 0 Å². The van der Waals surface area contributed by atoms with Gasteiger partial charge in [-0.2, -0.15) is 0 Å². The van der Waals surface area contributed by atoms with Gasteiger partial charge in [0.1, 0.15) is 0 Å². The first kappa shape index (κ1) is 15.4. The summed E-state index contributed by atoms with van der Waals surface area (Å²) in [6.45, 7) is 10.2. The fourth-order valence-electron chi connectivity index (χ4n) is 2.45. The summed E-state index contributed by atoms with van der Waals surface area (Å²) in [5, 5.41) is 6.44. The lowest BCUT2D eigenvalue weighted by molar-refractivity contribution is -0.121. The van der Waals surface area contributed by atoms with E-state index in [0.717, 1.165) is 26.2 Å². The van der Waals surface area contributed by atoms with Crippen molar-refractivity contribution in [2.45, 2.75) is 58.5 Å². The summed E-state index contributed by atoms with van der Waals surface area (Å²) in [6.07, 6.45) is 4.51. The van der Waals surface area contributed by atoms with Gasteiger partial charge in [-0.25, -0.2) is 0 Å². The van der Waals surface area contributed by atoms with Crippen LogP contribution in [0.3, 0.4) is 0 Å². The van der Waals surface area contributed by atoms with Crippen molar-refractivity contribution in [3.05, 3.63) is 0 Å². The van der Waals surface area contributed by atoms with E-state index in [2.05, 4.69) is 29.4 Å². The van der Waals surface area contributed by atoms with Crippen molar-refractivity contribution in [2.24, 2.45) is 0 Å². The van der Waals surface area contributed by atoms with Crippen LogP contribution in [-0.2, 0) is 4.79 Å². The van der Waals surface area contributed by atoms with E-state index < -0.39 is 0 Å². The van der Waals surface area contributed by atoms with Crippen molar-refractivity contribution < 1.29 is 4.79 Å². The molecule has 1 fully saturated rings. The monoisotopic (exact) mass is 255 g/mol. The molecular formula is C14H29N3O. The number of hydrogen-bond acceptors (Lipinski definition) is 3. The molecule has 1 amide bonds. The first-order valence-corrected chi connectivity index (χ1v) is 7.37. The topological polar surface area (TPSA) is 44.4 Å². The summed E-state index contributed by atoms with van der Waals surface area (Å²) in [4.78, 5) is 13.9. The van der Waals surface area contributed by atoms with Gasteiger partial charge in [0.25, 0.3) is 0 Å². The second kappa shape index (κ2) is 8.48. The van der Waals surface area contributed by atoms with Gasteiger partial charge in [-0.05, 0) is 40.2 Å². The van der Waals surface area contributed by atoms with Gasteiger partial charge in [0.2, 0.25) is 5.91 Å². The van der Waals surface area contributed by atoms with Crippen LogP contribution >= 0.6 is 0 Å². The van der Waals surface area contributed by atoms with Crippen molar-refractivity contribution >= 4 is 5.91 Å². The van der Waals surface area contributed by atoms with Crippen LogP contribution in [0.5, 0.6) is 0 Å². The minimum Gasteiger partial charge on any atom is -0.356 e. The Balaban J connectivity index is 2.32. The van der Waals surface area contributed by atoms with Crippen LogP contribution < -0.4 is 10.6 Å². The van der Waals surface area contributed by atoms with Crippen LogP contribution in [0, 0.1) is 0 Å². The Morgan fingerprint density at radius 2 is 2.22 bits per heavy atom. The molecule has 1 heterocycles. The maximum Gasteiger partial charge on any atom is 0.221 e. The van der Waals surface area contributed by atoms with E-state index in [9.17, 15) is 4.79 Å². The molecule has 0 aliphatic carbocycles. The third-order valence-corrected chi connectivity index (χ3v) is 3.60. The zero-order valence-electron chi connectivity index (χ0n) is 12.2. The summed E-state index contributed by atoms with van der Waals surface area (Å²) in [7, 11) is 0. The molecule has 0 radical (unpaired) electrons. The number of nitrogens with one attached hydrogen (secondary N) is 2. The Kier molecular flexibility index (Phi) is 7.28. The van der Waals surface area contributed by atoms with E-state index in [1.165, 1.54) is 19.3 Å². The molecule has 4 heteroatoms. The molecule has 1 aliphatic heterocycles. The highest BCUT2D eigenvalue weighted by molar-refractivity contribution is 5.75. The molecule has 0 aromatic carbocycles. The third-order valence-electron chi connectivity index (χ3n) is 3.60. The average Bonchev–Trinajstić information content (AvgIpc) is 2.35. The van der Waals surface area contributed by atoms with Crippen LogP contribution in [0.1, 0.15) is 46.5 Å². The van der Waals surface area contributed by atoms with Gasteiger partial charge in [-0.15, -0.1) is 0 Å². The van der Waals surface area contributed by atoms with Crippen molar-refractivity contribution in [1.82, 2.24) is 15.5 Å². The van der Waals surface area contributed by atoms with E-state index in [1.54, 1.807) is 0 Å². The van der Waals surface area contributed by atoms with E-state index in [1.807, 2.05) is 6.92 Å². The fourth-order valence-corrected chi connectivity index (χ4v) is 2.45. The van der Waals surface area contributed by atoms with E-state index in [0.29, 0.717) is 18.5 Å². The van der Waals surface area contributed by atoms with E-state index in [-0.39, 0.29) is 5.91 Å². The maximum absolute atomic E-state index is 11.5. The van der Waals surface area contributed by atoms with Crippen molar-refractivity contribution in [1.29, 1.82) is 0 Å². The summed E-state index contributed by atoms with van der Waals surface area (Å²) < 4.78 is 0. The molecule has 0 aromatic heterocycles. The lowest BCUT2D eigenvalue weighted by Gasteiger charge is -2.33. The quantitative estimate of drug-likeness (QED) is 0.722. The van der Waals surface area contributed by atoms with Crippen molar-refractivity contribution in [3.8, 4) is 0 Å².